The van der Waals surface area contributed by atoms with E-state index < -0.39 is 0 Å². The van der Waals surface area contributed by atoms with Gasteiger partial charge >= 0.3 is 0 Å². The lowest BCUT2D eigenvalue weighted by atomic mass is 10.0. The van der Waals surface area contributed by atoms with Crippen LogP contribution in [0.1, 0.15) is 24.2 Å². The van der Waals surface area contributed by atoms with Gasteiger partial charge in [-0.2, -0.15) is 0 Å². The number of benzene rings is 1. The van der Waals surface area contributed by atoms with Crippen LogP contribution in [0.3, 0.4) is 0 Å². The van der Waals surface area contributed by atoms with Gasteiger partial charge in [-0.05, 0) is 32.0 Å². The molecule has 1 amide bonds. The van der Waals surface area contributed by atoms with Gasteiger partial charge < -0.3 is 9.64 Å². The van der Waals surface area contributed by atoms with E-state index in [1.807, 2.05) is 38.1 Å². The van der Waals surface area contributed by atoms with Gasteiger partial charge in [0, 0.05) is 10.0 Å². The molecule has 0 N–H and O–H groups in total. The quantitative estimate of drug-likeness (QED) is 0.793. The number of carbonyl (C=O) groups is 1. The average molecular weight is 284 g/mol. The standard InChI is InChI=1S/C12H14BrNO2/c1-12(2)7-16-8-14(12)11(15)9-4-3-5-10(13)6-9/h3-6H,7-8H2,1-2H3. The molecule has 0 unspecified atom stereocenters. The summed E-state index contributed by atoms with van der Waals surface area (Å²) in [7, 11) is 0. The summed E-state index contributed by atoms with van der Waals surface area (Å²) < 4.78 is 6.25. The Hall–Kier alpha value is -0.870. The number of carbonyl (C=O) groups excluding carboxylic acids is 1. The molecule has 1 aromatic carbocycles. The molecular formula is C12H14BrNO2. The molecule has 16 heavy (non-hydrogen) atoms. The van der Waals surface area contributed by atoms with Gasteiger partial charge in [0.25, 0.3) is 5.91 Å². The molecule has 86 valence electrons. The second kappa shape index (κ2) is 4.18. The van der Waals surface area contributed by atoms with E-state index >= 15 is 0 Å². The molecule has 0 atom stereocenters. The Balaban J connectivity index is 2.26. The van der Waals surface area contributed by atoms with E-state index in [0.29, 0.717) is 18.9 Å². The highest BCUT2D eigenvalue weighted by atomic mass is 79.9. The molecule has 0 aliphatic carbocycles. The van der Waals surface area contributed by atoms with Gasteiger partial charge in [-0.25, -0.2) is 0 Å². The highest BCUT2D eigenvalue weighted by Crippen LogP contribution is 2.24. The topological polar surface area (TPSA) is 29.5 Å². The predicted molar refractivity (Wildman–Crippen MR) is 65.2 cm³/mol. The molecule has 0 aromatic heterocycles. The highest BCUT2D eigenvalue weighted by molar-refractivity contribution is 9.10. The fourth-order valence-corrected chi connectivity index (χ4v) is 2.15. The summed E-state index contributed by atoms with van der Waals surface area (Å²) in [6.07, 6.45) is 0. The fraction of sp³-hybridized carbons (Fsp3) is 0.417. The van der Waals surface area contributed by atoms with Crippen molar-refractivity contribution >= 4 is 21.8 Å². The molecule has 1 saturated heterocycles. The monoisotopic (exact) mass is 283 g/mol. The molecule has 2 rings (SSSR count). The van der Waals surface area contributed by atoms with E-state index in [9.17, 15) is 4.79 Å². The Kier molecular flexibility index (Phi) is 3.04. The summed E-state index contributed by atoms with van der Waals surface area (Å²) in [4.78, 5) is 14.0. The summed E-state index contributed by atoms with van der Waals surface area (Å²) in [5.74, 6) is 0.0174. The molecule has 0 radical (unpaired) electrons. The molecule has 3 nitrogen and oxygen atoms in total. The number of ether oxygens (including phenoxy) is 1. The van der Waals surface area contributed by atoms with Crippen molar-refractivity contribution in [2.75, 3.05) is 13.3 Å². The molecule has 1 aromatic rings. The SMILES string of the molecule is CC1(C)COCN1C(=O)c1cccc(Br)c1. The lowest BCUT2D eigenvalue weighted by Gasteiger charge is -2.29. The van der Waals surface area contributed by atoms with Crippen LogP contribution in [0.15, 0.2) is 28.7 Å². The maximum Gasteiger partial charge on any atom is 0.256 e. The van der Waals surface area contributed by atoms with Crippen molar-refractivity contribution in [2.45, 2.75) is 19.4 Å². The number of rotatable bonds is 1. The van der Waals surface area contributed by atoms with Crippen LogP contribution in [0.4, 0.5) is 0 Å². The first-order valence-electron chi connectivity index (χ1n) is 5.16. The molecule has 4 heteroatoms. The fourth-order valence-electron chi connectivity index (χ4n) is 1.75. The zero-order valence-electron chi connectivity index (χ0n) is 9.37. The highest BCUT2D eigenvalue weighted by Gasteiger charge is 2.36. The molecule has 0 spiro atoms. The van der Waals surface area contributed by atoms with Crippen LogP contribution in [0.2, 0.25) is 0 Å². The number of halogens is 1. The van der Waals surface area contributed by atoms with Crippen molar-refractivity contribution in [3.8, 4) is 0 Å². The molecule has 0 saturated carbocycles. The van der Waals surface area contributed by atoms with Crippen molar-refractivity contribution in [1.29, 1.82) is 0 Å². The second-order valence-electron chi connectivity index (χ2n) is 4.53. The van der Waals surface area contributed by atoms with Gasteiger partial charge in [-0.3, -0.25) is 4.79 Å². The Morgan fingerprint density at radius 1 is 1.50 bits per heavy atom. The number of amides is 1. The molecule has 1 fully saturated rings. The van der Waals surface area contributed by atoms with Crippen molar-refractivity contribution in [3.63, 3.8) is 0 Å². The first-order chi connectivity index (χ1) is 7.50. The van der Waals surface area contributed by atoms with Gasteiger partial charge in [0.2, 0.25) is 0 Å². The first-order valence-corrected chi connectivity index (χ1v) is 5.95. The molecule has 1 aliphatic rings. The van der Waals surface area contributed by atoms with Crippen LogP contribution >= 0.6 is 15.9 Å². The Labute approximate surface area is 104 Å². The van der Waals surface area contributed by atoms with E-state index in [0.717, 1.165) is 4.47 Å². The largest absolute Gasteiger partial charge is 0.359 e. The van der Waals surface area contributed by atoms with Gasteiger partial charge in [0.1, 0.15) is 6.73 Å². The third-order valence-corrected chi connectivity index (χ3v) is 3.22. The molecule has 1 heterocycles. The maximum atomic E-state index is 12.2. The van der Waals surface area contributed by atoms with Crippen LogP contribution < -0.4 is 0 Å². The summed E-state index contributed by atoms with van der Waals surface area (Å²) in [6, 6.07) is 7.42. The maximum absolute atomic E-state index is 12.2. The van der Waals surface area contributed by atoms with E-state index in [1.54, 1.807) is 4.90 Å². The summed E-state index contributed by atoms with van der Waals surface area (Å²) in [5.41, 5.74) is 0.465. The van der Waals surface area contributed by atoms with Gasteiger partial charge in [-0.1, -0.05) is 22.0 Å². The van der Waals surface area contributed by atoms with E-state index in [1.165, 1.54) is 0 Å². The Morgan fingerprint density at radius 2 is 2.25 bits per heavy atom. The minimum Gasteiger partial charge on any atom is -0.359 e. The van der Waals surface area contributed by atoms with Crippen molar-refractivity contribution in [1.82, 2.24) is 4.90 Å². The summed E-state index contributed by atoms with van der Waals surface area (Å²) in [5, 5.41) is 0. The number of nitrogens with zero attached hydrogens (tertiary/aromatic N) is 1. The normalized spacial score (nSPS) is 18.8. The zero-order valence-corrected chi connectivity index (χ0v) is 11.0. The average Bonchev–Trinajstić information content (AvgIpc) is 2.57. The van der Waals surface area contributed by atoms with Gasteiger partial charge in [-0.15, -0.1) is 0 Å². The third-order valence-electron chi connectivity index (χ3n) is 2.72. The van der Waals surface area contributed by atoms with E-state index in [4.69, 9.17) is 4.74 Å². The zero-order chi connectivity index (χ0) is 11.8. The predicted octanol–water partition coefficient (Wildman–Crippen LogP) is 2.66. The van der Waals surface area contributed by atoms with Crippen LogP contribution in [0.25, 0.3) is 0 Å². The first kappa shape index (κ1) is 11.6. The Morgan fingerprint density at radius 3 is 2.81 bits per heavy atom. The lowest BCUT2D eigenvalue weighted by Crippen LogP contribution is -2.44. The van der Waals surface area contributed by atoms with Crippen LogP contribution in [0.5, 0.6) is 0 Å². The van der Waals surface area contributed by atoms with Crippen LogP contribution in [0, 0.1) is 0 Å². The molecule has 0 bridgehead atoms. The third kappa shape index (κ3) is 2.13. The minimum absolute atomic E-state index is 0.0174. The van der Waals surface area contributed by atoms with Gasteiger partial charge in [0.15, 0.2) is 0 Å². The van der Waals surface area contributed by atoms with Crippen molar-refractivity contribution < 1.29 is 9.53 Å². The second-order valence-corrected chi connectivity index (χ2v) is 5.45. The van der Waals surface area contributed by atoms with Crippen molar-refractivity contribution in [2.24, 2.45) is 0 Å². The molecular weight excluding hydrogens is 270 g/mol. The number of hydrogen-bond donors (Lipinski definition) is 0. The Bertz CT molecular complexity index is 417. The van der Waals surface area contributed by atoms with E-state index in [2.05, 4.69) is 15.9 Å². The van der Waals surface area contributed by atoms with E-state index in [-0.39, 0.29) is 11.4 Å². The summed E-state index contributed by atoms with van der Waals surface area (Å²) >= 11 is 3.37. The van der Waals surface area contributed by atoms with Crippen LogP contribution in [-0.4, -0.2) is 29.7 Å². The number of hydrogen-bond acceptors (Lipinski definition) is 2. The van der Waals surface area contributed by atoms with Crippen LogP contribution in [-0.2, 0) is 4.74 Å². The van der Waals surface area contributed by atoms with Crippen molar-refractivity contribution in [3.05, 3.63) is 34.3 Å². The summed E-state index contributed by atoms with van der Waals surface area (Å²) in [6.45, 7) is 4.98. The minimum atomic E-state index is -0.223. The lowest BCUT2D eigenvalue weighted by molar-refractivity contribution is 0.0605. The molecule has 1 aliphatic heterocycles. The van der Waals surface area contributed by atoms with Gasteiger partial charge in [0.05, 0.1) is 12.1 Å². The smallest absolute Gasteiger partial charge is 0.256 e.